The summed E-state index contributed by atoms with van der Waals surface area (Å²) in [6.45, 7) is 3.39. The predicted octanol–water partition coefficient (Wildman–Crippen LogP) is 6.38. The van der Waals surface area contributed by atoms with E-state index in [-0.39, 0.29) is 23.1 Å². The average molecular weight is 615 g/mol. The molecular weight excluding hydrogens is 589 g/mol. The van der Waals surface area contributed by atoms with Crippen molar-refractivity contribution in [3.8, 4) is 23.1 Å². The molecule has 2 aromatic heterocycles. The van der Waals surface area contributed by atoms with Crippen molar-refractivity contribution in [1.29, 1.82) is 5.26 Å². The Labute approximate surface area is 236 Å². The molecule has 1 saturated carbocycles. The third kappa shape index (κ3) is 4.94. The molecule has 0 radical (unpaired) electrons. The highest BCUT2D eigenvalue weighted by Crippen LogP contribution is 2.39. The van der Waals surface area contributed by atoms with E-state index in [2.05, 4.69) is 32.4 Å². The van der Waals surface area contributed by atoms with Crippen LogP contribution in [0.15, 0.2) is 58.0 Å². The Morgan fingerprint density at radius 2 is 1.98 bits per heavy atom. The maximum absolute atomic E-state index is 13.8. The Bertz CT molecular complexity index is 1650. The van der Waals surface area contributed by atoms with Crippen molar-refractivity contribution >= 4 is 27.7 Å². The van der Waals surface area contributed by atoms with Crippen LogP contribution in [0.25, 0.3) is 22.8 Å². The van der Waals surface area contributed by atoms with Crippen LogP contribution in [0, 0.1) is 23.7 Å². The van der Waals surface area contributed by atoms with E-state index in [0.29, 0.717) is 22.3 Å². The molecule has 1 amide bonds. The maximum atomic E-state index is 13.8. The molecule has 1 N–H and O–H groups in total. The fourth-order valence-electron chi connectivity index (χ4n) is 5.29. The summed E-state index contributed by atoms with van der Waals surface area (Å²) in [7, 11) is 0. The molecule has 0 saturated heterocycles. The van der Waals surface area contributed by atoms with Gasteiger partial charge in [0.05, 0.1) is 46.0 Å². The minimum absolute atomic E-state index is 0.0141. The number of benzene rings is 1. The lowest BCUT2D eigenvalue weighted by atomic mass is 9.85. The van der Waals surface area contributed by atoms with Gasteiger partial charge in [0.25, 0.3) is 0 Å². The Balaban J connectivity index is 1.70. The minimum atomic E-state index is -4.61. The summed E-state index contributed by atoms with van der Waals surface area (Å²) < 4.78 is 44.9. The van der Waals surface area contributed by atoms with Gasteiger partial charge in [-0.05, 0) is 57.0 Å². The number of nitrogens with zero attached hydrogens (tertiary/aromatic N) is 5. The van der Waals surface area contributed by atoms with E-state index in [1.807, 2.05) is 0 Å². The van der Waals surface area contributed by atoms with Crippen molar-refractivity contribution in [2.45, 2.75) is 58.2 Å². The van der Waals surface area contributed by atoms with Crippen molar-refractivity contribution in [2.24, 2.45) is 5.41 Å². The summed E-state index contributed by atoms with van der Waals surface area (Å²) in [6.07, 6.45) is 4.27. The first-order valence-corrected chi connectivity index (χ1v) is 13.6. The van der Waals surface area contributed by atoms with Gasteiger partial charge in [0.2, 0.25) is 0 Å². The Hall–Kier alpha value is -3.85. The van der Waals surface area contributed by atoms with E-state index < -0.39 is 28.9 Å². The quantitative estimate of drug-likeness (QED) is 0.368. The first kappa shape index (κ1) is 27.7. The Kier molecular flexibility index (Phi) is 7.12. The molecule has 5 rings (SSSR count). The van der Waals surface area contributed by atoms with Crippen LogP contribution < -0.4 is 11.0 Å². The van der Waals surface area contributed by atoms with Gasteiger partial charge in [-0.1, -0.05) is 40.9 Å². The molecule has 208 valence electrons. The lowest BCUT2D eigenvalue weighted by molar-refractivity contribution is -0.137. The largest absolute Gasteiger partial charge is 0.416 e. The summed E-state index contributed by atoms with van der Waals surface area (Å²) in [5, 5.41) is 16.9. The van der Waals surface area contributed by atoms with Crippen LogP contribution in [0.1, 0.15) is 50.3 Å². The molecule has 1 unspecified atom stereocenters. The van der Waals surface area contributed by atoms with Crippen molar-refractivity contribution in [3.63, 3.8) is 0 Å². The molecule has 2 heterocycles. The SMILES string of the molecule is Cc1c(-c2ccnn2C2=C(Br)CC(C)(C#N)C=C2)n(C(=O)NC2CCCC2)c(=O)n1-c1cccc(C(F)(F)F)c1. The Morgan fingerprint density at radius 1 is 1.25 bits per heavy atom. The zero-order chi connectivity index (χ0) is 28.8. The number of nitriles is 1. The van der Waals surface area contributed by atoms with Gasteiger partial charge in [0.15, 0.2) is 0 Å². The number of carbonyl (C=O) groups excluding carboxylic acids is 1. The van der Waals surface area contributed by atoms with Gasteiger partial charge < -0.3 is 5.32 Å². The van der Waals surface area contributed by atoms with E-state index in [0.717, 1.165) is 47.0 Å². The fourth-order valence-corrected chi connectivity index (χ4v) is 6.17. The highest BCUT2D eigenvalue weighted by atomic mass is 79.9. The molecule has 0 bridgehead atoms. The van der Waals surface area contributed by atoms with E-state index in [9.17, 15) is 28.0 Å². The number of allylic oxidation sites excluding steroid dienone is 4. The number of halogens is 4. The summed E-state index contributed by atoms with van der Waals surface area (Å²) in [4.78, 5) is 27.4. The van der Waals surface area contributed by atoms with Crippen molar-refractivity contribution in [3.05, 3.63) is 74.9 Å². The number of carbonyl (C=O) groups is 1. The van der Waals surface area contributed by atoms with Crippen LogP contribution >= 0.6 is 15.9 Å². The second-order valence-electron chi connectivity index (χ2n) is 10.3. The van der Waals surface area contributed by atoms with E-state index >= 15 is 0 Å². The molecule has 12 heteroatoms. The smallest absolute Gasteiger partial charge is 0.335 e. The Morgan fingerprint density at radius 3 is 2.62 bits per heavy atom. The molecule has 3 aromatic rings. The minimum Gasteiger partial charge on any atom is -0.335 e. The zero-order valence-electron chi connectivity index (χ0n) is 21.8. The van der Waals surface area contributed by atoms with Crippen LogP contribution in [0.5, 0.6) is 0 Å². The third-order valence-electron chi connectivity index (χ3n) is 7.38. The number of hydrogen-bond acceptors (Lipinski definition) is 4. The highest BCUT2D eigenvalue weighted by Gasteiger charge is 2.33. The number of alkyl halides is 3. The van der Waals surface area contributed by atoms with Crippen LogP contribution in [0.2, 0.25) is 0 Å². The van der Waals surface area contributed by atoms with Gasteiger partial charge in [-0.15, -0.1) is 0 Å². The second-order valence-corrected chi connectivity index (χ2v) is 11.3. The second kappa shape index (κ2) is 10.3. The molecular formula is C28H26BrF3N6O2. The summed E-state index contributed by atoms with van der Waals surface area (Å²) in [6, 6.07) is 7.60. The number of aromatic nitrogens is 4. The molecule has 1 atom stereocenters. The number of nitrogens with one attached hydrogen (secondary N) is 1. The maximum Gasteiger partial charge on any atom is 0.416 e. The fraction of sp³-hybridized carbons (Fsp3) is 0.357. The van der Waals surface area contributed by atoms with Gasteiger partial charge in [0.1, 0.15) is 5.69 Å². The van der Waals surface area contributed by atoms with Gasteiger partial charge >= 0.3 is 17.9 Å². The van der Waals surface area contributed by atoms with Crippen molar-refractivity contribution in [1.82, 2.24) is 24.2 Å². The topological polar surface area (TPSA) is 97.6 Å². The molecule has 1 aromatic carbocycles. The van der Waals surface area contributed by atoms with Crippen molar-refractivity contribution < 1.29 is 18.0 Å². The molecule has 40 heavy (non-hydrogen) atoms. The lowest BCUT2D eigenvalue weighted by Gasteiger charge is -2.23. The van der Waals surface area contributed by atoms with Crippen molar-refractivity contribution in [2.75, 3.05) is 0 Å². The molecule has 0 aliphatic heterocycles. The van der Waals surface area contributed by atoms with Gasteiger partial charge in [-0.3, -0.25) is 4.57 Å². The van der Waals surface area contributed by atoms with E-state index in [1.54, 1.807) is 36.7 Å². The van der Waals surface area contributed by atoms with Crippen LogP contribution in [-0.4, -0.2) is 31.0 Å². The average Bonchev–Trinajstić information content (AvgIpc) is 3.63. The van der Waals surface area contributed by atoms with Gasteiger partial charge in [-0.25, -0.2) is 18.8 Å². The number of amides is 1. The number of rotatable bonds is 4. The molecule has 2 aliphatic rings. The highest BCUT2D eigenvalue weighted by molar-refractivity contribution is 9.11. The van der Waals surface area contributed by atoms with Gasteiger partial charge in [-0.2, -0.15) is 23.5 Å². The molecule has 1 fully saturated rings. The summed E-state index contributed by atoms with van der Waals surface area (Å²) in [5.74, 6) is 0. The molecule has 2 aliphatic carbocycles. The zero-order valence-corrected chi connectivity index (χ0v) is 23.4. The summed E-state index contributed by atoms with van der Waals surface area (Å²) >= 11 is 3.56. The van der Waals surface area contributed by atoms with E-state index in [1.165, 1.54) is 18.3 Å². The van der Waals surface area contributed by atoms with Crippen LogP contribution in [-0.2, 0) is 6.18 Å². The van der Waals surface area contributed by atoms with Gasteiger partial charge in [0, 0.05) is 16.9 Å². The monoisotopic (exact) mass is 614 g/mol. The predicted molar refractivity (Wildman–Crippen MR) is 147 cm³/mol. The normalized spacial score (nSPS) is 19.7. The van der Waals surface area contributed by atoms with Crippen LogP contribution in [0.3, 0.4) is 0 Å². The van der Waals surface area contributed by atoms with Crippen LogP contribution in [0.4, 0.5) is 18.0 Å². The summed E-state index contributed by atoms with van der Waals surface area (Å²) in [5.41, 5.74) is -0.974. The first-order chi connectivity index (χ1) is 18.9. The van der Waals surface area contributed by atoms with E-state index in [4.69, 9.17) is 0 Å². The number of imidazole rings is 1. The molecule has 0 spiro atoms. The molecule has 8 nitrogen and oxygen atoms in total. The third-order valence-corrected chi connectivity index (χ3v) is 8.07. The standard InChI is InChI=1S/C28H26BrF3N6O2/c1-17-24(23-11-13-34-38(23)22-10-12-27(2,16-33)15-21(22)29)37(25(39)35-19-7-3-4-8-19)26(40)36(17)20-9-5-6-18(14-20)28(30,31)32/h5-6,9-14,19H,3-4,7-8,15H2,1-2H3,(H,35,39). The first-order valence-electron chi connectivity index (χ1n) is 12.8. The number of hydrogen-bond donors (Lipinski definition) is 1. The lowest BCUT2D eigenvalue weighted by Crippen LogP contribution is -2.41.